The van der Waals surface area contributed by atoms with E-state index in [1.54, 1.807) is 43.5 Å². The molecule has 1 N–H and O–H groups in total. The Morgan fingerprint density at radius 3 is 2.53 bits per heavy atom. The number of aliphatic hydroxyl groups excluding tert-OH is 1. The lowest BCUT2D eigenvalue weighted by Gasteiger charge is -2.34. The van der Waals surface area contributed by atoms with Gasteiger partial charge in [0.25, 0.3) is 11.8 Å². The minimum Gasteiger partial charge on any atom is -0.496 e. The molecule has 2 amide bonds. The maximum Gasteiger partial charge on any atom is 0.282 e. The molecule has 2 aromatic carbocycles. The van der Waals surface area contributed by atoms with Crippen LogP contribution in [-0.4, -0.2) is 48.6 Å². The second-order valence-corrected chi connectivity index (χ2v) is 7.92. The summed E-state index contributed by atoms with van der Waals surface area (Å²) in [5, 5.41) is 10.2. The number of likely N-dealkylation sites (tertiary alicyclic amines) is 1. The highest BCUT2D eigenvalue weighted by Gasteiger charge is 2.44. The molecule has 7 heteroatoms. The lowest BCUT2D eigenvalue weighted by Crippen LogP contribution is -2.40. The Morgan fingerprint density at radius 2 is 1.83 bits per heavy atom. The second-order valence-electron chi connectivity index (χ2n) is 7.48. The van der Waals surface area contributed by atoms with Gasteiger partial charge in [-0.25, -0.2) is 4.90 Å². The first-order chi connectivity index (χ1) is 14.5. The number of anilines is 1. The standard InChI is InChI=1S/C23H23ClN2O4/c1-30-19-7-3-2-6-18(19)20-21(25-12-4-5-15(13-25)14-27)23(29)26(22(20)28)17-10-8-16(24)9-11-17/h2-3,6-11,15,27H,4-5,12-14H2,1H3. The van der Waals surface area contributed by atoms with E-state index in [0.29, 0.717) is 46.4 Å². The van der Waals surface area contributed by atoms with Gasteiger partial charge < -0.3 is 14.7 Å². The largest absolute Gasteiger partial charge is 0.496 e. The molecule has 156 valence electrons. The van der Waals surface area contributed by atoms with Gasteiger partial charge in [-0.05, 0) is 49.1 Å². The summed E-state index contributed by atoms with van der Waals surface area (Å²) in [6.07, 6.45) is 1.74. The molecule has 0 aromatic heterocycles. The topological polar surface area (TPSA) is 70.1 Å². The third kappa shape index (κ3) is 3.57. The minimum absolute atomic E-state index is 0.0524. The van der Waals surface area contributed by atoms with Gasteiger partial charge in [-0.15, -0.1) is 0 Å². The number of ether oxygens (including phenoxy) is 1. The average Bonchev–Trinajstić information content (AvgIpc) is 3.04. The maximum atomic E-state index is 13.6. The van der Waals surface area contributed by atoms with Crippen molar-refractivity contribution in [2.45, 2.75) is 12.8 Å². The van der Waals surface area contributed by atoms with E-state index in [4.69, 9.17) is 16.3 Å². The zero-order valence-electron chi connectivity index (χ0n) is 16.7. The second kappa shape index (κ2) is 8.50. The van der Waals surface area contributed by atoms with Crippen molar-refractivity contribution in [1.29, 1.82) is 0 Å². The van der Waals surface area contributed by atoms with E-state index in [0.717, 1.165) is 12.8 Å². The van der Waals surface area contributed by atoms with Crippen LogP contribution in [0.25, 0.3) is 5.57 Å². The van der Waals surface area contributed by atoms with E-state index in [-0.39, 0.29) is 18.4 Å². The number of rotatable bonds is 5. The highest BCUT2D eigenvalue weighted by atomic mass is 35.5. The molecule has 1 saturated heterocycles. The average molecular weight is 427 g/mol. The molecule has 2 aliphatic rings. The summed E-state index contributed by atoms with van der Waals surface area (Å²) in [6.45, 7) is 1.23. The summed E-state index contributed by atoms with van der Waals surface area (Å²) >= 11 is 5.99. The molecule has 0 aliphatic carbocycles. The van der Waals surface area contributed by atoms with Crippen LogP contribution in [0, 0.1) is 5.92 Å². The first kappa shape index (κ1) is 20.4. The molecular formula is C23H23ClN2O4. The summed E-state index contributed by atoms with van der Waals surface area (Å²) in [7, 11) is 1.54. The molecule has 30 heavy (non-hydrogen) atoms. The summed E-state index contributed by atoms with van der Waals surface area (Å²) < 4.78 is 5.48. The van der Waals surface area contributed by atoms with Gasteiger partial charge in [-0.2, -0.15) is 0 Å². The van der Waals surface area contributed by atoms with Crippen LogP contribution >= 0.6 is 11.6 Å². The van der Waals surface area contributed by atoms with Crippen molar-refractivity contribution in [3.63, 3.8) is 0 Å². The maximum absolute atomic E-state index is 13.6. The van der Waals surface area contributed by atoms with Gasteiger partial charge in [0.05, 0.1) is 18.4 Å². The molecule has 2 heterocycles. The minimum atomic E-state index is -0.395. The van der Waals surface area contributed by atoms with Crippen LogP contribution in [-0.2, 0) is 9.59 Å². The third-order valence-corrected chi connectivity index (χ3v) is 5.87. The van der Waals surface area contributed by atoms with Crippen molar-refractivity contribution >= 4 is 34.7 Å². The van der Waals surface area contributed by atoms with E-state index in [1.165, 1.54) is 4.90 Å². The van der Waals surface area contributed by atoms with Gasteiger partial charge in [-0.3, -0.25) is 9.59 Å². The first-order valence-electron chi connectivity index (χ1n) is 9.93. The predicted molar refractivity (Wildman–Crippen MR) is 115 cm³/mol. The number of carbonyl (C=O) groups excluding carboxylic acids is 2. The smallest absolute Gasteiger partial charge is 0.282 e. The molecule has 1 unspecified atom stereocenters. The molecule has 6 nitrogen and oxygen atoms in total. The number of amides is 2. The molecule has 1 atom stereocenters. The molecule has 0 spiro atoms. The van der Waals surface area contributed by atoms with Gasteiger partial charge in [0, 0.05) is 30.3 Å². The summed E-state index contributed by atoms with van der Waals surface area (Å²) in [5.41, 5.74) is 1.73. The van der Waals surface area contributed by atoms with Crippen LogP contribution in [0.1, 0.15) is 18.4 Å². The number of imide groups is 1. The summed E-state index contributed by atoms with van der Waals surface area (Å²) in [4.78, 5) is 30.2. The van der Waals surface area contributed by atoms with Crippen LogP contribution in [0.4, 0.5) is 5.69 Å². The summed E-state index contributed by atoms with van der Waals surface area (Å²) in [6, 6.07) is 13.8. The number of nitrogens with zero attached hydrogens (tertiary/aromatic N) is 2. The van der Waals surface area contributed by atoms with Crippen molar-refractivity contribution in [3.8, 4) is 5.75 Å². The van der Waals surface area contributed by atoms with Crippen LogP contribution in [0.2, 0.25) is 5.02 Å². The van der Waals surface area contributed by atoms with Gasteiger partial charge in [0.1, 0.15) is 11.4 Å². The molecule has 1 fully saturated rings. The SMILES string of the molecule is COc1ccccc1C1=C(N2CCCC(CO)C2)C(=O)N(c2ccc(Cl)cc2)C1=O. The van der Waals surface area contributed by atoms with Gasteiger partial charge >= 0.3 is 0 Å². The van der Waals surface area contributed by atoms with E-state index in [1.807, 2.05) is 17.0 Å². The van der Waals surface area contributed by atoms with Gasteiger partial charge in [-0.1, -0.05) is 29.8 Å². The Kier molecular flexibility index (Phi) is 5.79. The van der Waals surface area contributed by atoms with Crippen LogP contribution in [0.15, 0.2) is 54.2 Å². The number of hydrogen-bond donors (Lipinski definition) is 1. The molecule has 2 aromatic rings. The van der Waals surface area contributed by atoms with Crippen molar-refractivity contribution in [1.82, 2.24) is 4.90 Å². The van der Waals surface area contributed by atoms with Crippen molar-refractivity contribution < 1.29 is 19.4 Å². The Labute approximate surface area is 180 Å². The van der Waals surface area contributed by atoms with Gasteiger partial charge in [0.15, 0.2) is 0 Å². The third-order valence-electron chi connectivity index (χ3n) is 5.61. The number of halogens is 1. The number of aliphatic hydroxyl groups is 1. The Morgan fingerprint density at radius 1 is 1.10 bits per heavy atom. The van der Waals surface area contributed by atoms with Crippen molar-refractivity contribution in [2.24, 2.45) is 5.92 Å². The van der Waals surface area contributed by atoms with Crippen LogP contribution in [0.3, 0.4) is 0 Å². The van der Waals surface area contributed by atoms with Crippen molar-refractivity contribution in [2.75, 3.05) is 31.7 Å². The number of hydrogen-bond acceptors (Lipinski definition) is 5. The Bertz CT molecular complexity index is 1000. The van der Waals surface area contributed by atoms with Gasteiger partial charge in [0.2, 0.25) is 0 Å². The van der Waals surface area contributed by atoms with E-state index in [2.05, 4.69) is 0 Å². The number of carbonyl (C=O) groups is 2. The number of benzene rings is 2. The van der Waals surface area contributed by atoms with Crippen molar-refractivity contribution in [3.05, 3.63) is 64.8 Å². The summed E-state index contributed by atoms with van der Waals surface area (Å²) in [5.74, 6) is -0.174. The lowest BCUT2D eigenvalue weighted by molar-refractivity contribution is -0.120. The zero-order chi connectivity index (χ0) is 21.3. The lowest BCUT2D eigenvalue weighted by atomic mass is 9.96. The monoisotopic (exact) mass is 426 g/mol. The number of piperidine rings is 1. The number of methoxy groups -OCH3 is 1. The molecule has 4 rings (SSSR count). The fraction of sp³-hybridized carbons (Fsp3) is 0.304. The van der Waals surface area contributed by atoms with E-state index >= 15 is 0 Å². The quantitative estimate of drug-likeness (QED) is 0.742. The normalized spacial score (nSPS) is 19.6. The highest BCUT2D eigenvalue weighted by molar-refractivity contribution is 6.45. The fourth-order valence-corrected chi connectivity index (χ4v) is 4.27. The van der Waals surface area contributed by atoms with Crippen LogP contribution in [0.5, 0.6) is 5.75 Å². The molecule has 2 aliphatic heterocycles. The Hall–Kier alpha value is -2.83. The molecule has 0 saturated carbocycles. The fourth-order valence-electron chi connectivity index (χ4n) is 4.15. The molecule has 0 bridgehead atoms. The zero-order valence-corrected chi connectivity index (χ0v) is 17.4. The molecule has 0 radical (unpaired) electrons. The van der Waals surface area contributed by atoms with E-state index in [9.17, 15) is 14.7 Å². The van der Waals surface area contributed by atoms with E-state index < -0.39 is 5.91 Å². The highest BCUT2D eigenvalue weighted by Crippen LogP contribution is 2.39. The van der Waals surface area contributed by atoms with Crippen LogP contribution < -0.4 is 9.64 Å². The number of para-hydroxylation sites is 1. The molecular weight excluding hydrogens is 404 g/mol. The Balaban J connectivity index is 1.85. The first-order valence-corrected chi connectivity index (χ1v) is 10.3. The predicted octanol–water partition coefficient (Wildman–Crippen LogP) is 3.34.